The van der Waals surface area contributed by atoms with E-state index in [1.165, 1.54) is 74.2 Å². The van der Waals surface area contributed by atoms with Gasteiger partial charge in [0.25, 0.3) is 10.1 Å². The fraction of sp³-hybridized carbons (Fsp3) is 0.390. The number of anilines is 3. The molecule has 2 aliphatic rings. The third-order valence-corrected chi connectivity index (χ3v) is 13.2. The Bertz CT molecular complexity index is 2600. The van der Waals surface area contributed by atoms with Crippen molar-refractivity contribution in [3.8, 4) is 0 Å². The number of fused-ring (bicyclic) bond motifs is 2. The standard InChI is InChI=1S/C41H50N8O12S2/c1-20(2)34(48-39(54)29-14-9-16-49(29)41(56)23(5)46-37(52)21(3)42)40(55)45-22(4)38(53)44-15-17-62(57,58)25-11-8-10-24(18-25)47-28-19-30(63(59,60)61)33(43)32-31(28)35(50)26-12-6-7-13-27(26)36(32)51/h6-8,10-13,18-23,29,34,47H,9,14-17,42-43H2,1-5H3,(H,44,53)(H,45,55)(H,46,52)(H,48,54)(H,59,60,61). The molecule has 5 amide bonds. The largest absolute Gasteiger partial charge is 0.397 e. The van der Waals surface area contributed by atoms with Gasteiger partial charge in [0.05, 0.1) is 39.2 Å². The molecule has 1 saturated heterocycles. The van der Waals surface area contributed by atoms with E-state index in [-0.39, 0.29) is 39.5 Å². The summed E-state index contributed by atoms with van der Waals surface area (Å²) in [6, 6.07) is 6.92. The molecule has 1 heterocycles. The number of amides is 5. The zero-order valence-electron chi connectivity index (χ0n) is 35.1. The fourth-order valence-corrected chi connectivity index (χ4v) is 9.07. The zero-order valence-corrected chi connectivity index (χ0v) is 36.7. The summed E-state index contributed by atoms with van der Waals surface area (Å²) in [6.07, 6.45) is 0.833. The van der Waals surface area contributed by atoms with E-state index in [0.717, 1.165) is 6.07 Å². The van der Waals surface area contributed by atoms with Gasteiger partial charge in [-0.1, -0.05) is 44.2 Å². The third-order valence-electron chi connectivity index (χ3n) is 10.6. The number of rotatable bonds is 16. The molecule has 338 valence electrons. The molecular formula is C41H50N8O12S2. The predicted molar refractivity (Wildman–Crippen MR) is 229 cm³/mol. The SMILES string of the molecule is CC(N)C(=O)NC(C)C(=O)N1CCCC1C(=O)NC(C(=O)NC(C)C(=O)NCCS(=O)(=O)c1cccc(Nc2cc(S(=O)(=O)O)c(N)c3c2C(=O)c2ccccc2C3=O)c1)C(C)C. The Hall–Kier alpha value is -6.23. The van der Waals surface area contributed by atoms with Gasteiger partial charge in [-0.05, 0) is 63.8 Å². The molecule has 0 saturated carbocycles. The van der Waals surface area contributed by atoms with Crippen LogP contribution in [0.1, 0.15) is 79.3 Å². The van der Waals surface area contributed by atoms with Crippen molar-refractivity contribution < 1.29 is 55.0 Å². The normalized spacial score (nSPS) is 16.8. The summed E-state index contributed by atoms with van der Waals surface area (Å²) in [5, 5.41) is 13.0. The first-order valence-corrected chi connectivity index (χ1v) is 23.0. The molecule has 1 aliphatic carbocycles. The minimum absolute atomic E-state index is 0.0228. The van der Waals surface area contributed by atoms with Crippen LogP contribution in [0.5, 0.6) is 0 Å². The highest BCUT2D eigenvalue weighted by Gasteiger charge is 2.39. The molecule has 1 aliphatic heterocycles. The number of hydrogen-bond donors (Lipinski definition) is 8. The molecule has 5 rings (SSSR count). The first-order valence-electron chi connectivity index (χ1n) is 19.9. The van der Waals surface area contributed by atoms with Crippen molar-refractivity contribution >= 4 is 78.1 Å². The molecular weight excluding hydrogens is 861 g/mol. The van der Waals surface area contributed by atoms with Gasteiger partial charge in [-0.25, -0.2) is 8.42 Å². The Kier molecular flexibility index (Phi) is 14.4. The van der Waals surface area contributed by atoms with Gasteiger partial charge in [0.1, 0.15) is 29.1 Å². The highest BCUT2D eigenvalue weighted by Crippen LogP contribution is 2.40. The molecule has 5 atom stereocenters. The van der Waals surface area contributed by atoms with Crippen LogP contribution in [-0.2, 0) is 43.9 Å². The van der Waals surface area contributed by atoms with Gasteiger partial charge in [-0.3, -0.25) is 38.1 Å². The Morgan fingerprint density at radius 2 is 1.43 bits per heavy atom. The van der Waals surface area contributed by atoms with Crippen LogP contribution in [0.2, 0.25) is 0 Å². The molecule has 3 aromatic rings. The van der Waals surface area contributed by atoms with Crippen LogP contribution in [0.15, 0.2) is 64.4 Å². The molecule has 0 spiro atoms. The van der Waals surface area contributed by atoms with Crippen molar-refractivity contribution in [2.24, 2.45) is 11.7 Å². The van der Waals surface area contributed by atoms with E-state index < -0.39 is 126 Å². The number of carbonyl (C=O) groups excluding carboxylic acids is 7. The van der Waals surface area contributed by atoms with Crippen molar-refractivity contribution in [3.63, 3.8) is 0 Å². The summed E-state index contributed by atoms with van der Waals surface area (Å²) in [5.41, 5.74) is 10.1. The van der Waals surface area contributed by atoms with Crippen LogP contribution >= 0.6 is 0 Å². The van der Waals surface area contributed by atoms with Crippen molar-refractivity contribution in [1.82, 2.24) is 26.2 Å². The number of likely N-dealkylation sites (tertiary alicyclic amines) is 1. The second-order valence-electron chi connectivity index (χ2n) is 15.7. The maximum absolute atomic E-state index is 13.7. The number of hydrogen-bond acceptors (Lipinski definition) is 14. The molecule has 22 heteroatoms. The van der Waals surface area contributed by atoms with E-state index in [0.29, 0.717) is 12.8 Å². The van der Waals surface area contributed by atoms with Crippen molar-refractivity contribution in [3.05, 3.63) is 76.9 Å². The van der Waals surface area contributed by atoms with Crippen molar-refractivity contribution in [1.29, 1.82) is 0 Å². The Morgan fingerprint density at radius 3 is 2.03 bits per heavy atom. The maximum Gasteiger partial charge on any atom is 0.296 e. The highest BCUT2D eigenvalue weighted by atomic mass is 32.2. The van der Waals surface area contributed by atoms with E-state index >= 15 is 0 Å². The lowest BCUT2D eigenvalue weighted by atomic mass is 9.82. The van der Waals surface area contributed by atoms with Crippen molar-refractivity contribution in [2.45, 2.75) is 87.5 Å². The van der Waals surface area contributed by atoms with E-state index in [4.69, 9.17) is 11.5 Å². The molecule has 10 N–H and O–H groups in total. The third kappa shape index (κ3) is 10.5. The first-order chi connectivity index (χ1) is 29.4. The number of nitrogens with zero attached hydrogens (tertiary/aromatic N) is 1. The predicted octanol–water partition coefficient (Wildman–Crippen LogP) is 0.413. The highest BCUT2D eigenvalue weighted by molar-refractivity contribution is 7.91. The Balaban J connectivity index is 1.22. The van der Waals surface area contributed by atoms with E-state index in [2.05, 4.69) is 26.6 Å². The molecule has 0 bridgehead atoms. The van der Waals surface area contributed by atoms with Gasteiger partial charge >= 0.3 is 0 Å². The monoisotopic (exact) mass is 910 g/mol. The number of ketones is 2. The van der Waals surface area contributed by atoms with Crippen LogP contribution in [0.25, 0.3) is 0 Å². The van der Waals surface area contributed by atoms with E-state index in [1.807, 2.05) is 0 Å². The number of nitrogens with two attached hydrogens (primary N) is 2. The number of sulfone groups is 1. The summed E-state index contributed by atoms with van der Waals surface area (Å²) < 4.78 is 61.5. The van der Waals surface area contributed by atoms with Crippen LogP contribution in [-0.4, -0.2) is 116 Å². The van der Waals surface area contributed by atoms with Crippen LogP contribution in [0.4, 0.5) is 17.1 Å². The second kappa shape index (κ2) is 19.0. The number of carbonyl (C=O) groups is 7. The minimum atomic E-state index is -5.01. The average Bonchev–Trinajstić information content (AvgIpc) is 3.71. The van der Waals surface area contributed by atoms with Gasteiger partial charge in [0.2, 0.25) is 29.5 Å². The fourth-order valence-electron chi connectivity index (χ4n) is 7.22. The molecule has 0 aromatic heterocycles. The topological polar surface area (TPSA) is 323 Å². The van der Waals surface area contributed by atoms with Crippen LogP contribution < -0.4 is 38.1 Å². The lowest BCUT2D eigenvalue weighted by Crippen LogP contribution is -2.58. The smallest absolute Gasteiger partial charge is 0.296 e. The van der Waals surface area contributed by atoms with Crippen LogP contribution in [0.3, 0.4) is 0 Å². The Labute approximate surface area is 364 Å². The van der Waals surface area contributed by atoms with Gasteiger partial charge in [0, 0.05) is 29.9 Å². The number of nitrogen functional groups attached to an aromatic ring is 1. The minimum Gasteiger partial charge on any atom is -0.397 e. The summed E-state index contributed by atoms with van der Waals surface area (Å²) >= 11 is 0. The van der Waals surface area contributed by atoms with Gasteiger partial charge in [-0.2, -0.15) is 8.42 Å². The molecule has 0 radical (unpaired) electrons. The molecule has 63 heavy (non-hydrogen) atoms. The summed E-state index contributed by atoms with van der Waals surface area (Å²) in [5.74, 6) is -5.54. The van der Waals surface area contributed by atoms with Gasteiger partial charge in [-0.15, -0.1) is 0 Å². The first kappa shape index (κ1) is 47.8. The maximum atomic E-state index is 13.7. The van der Waals surface area contributed by atoms with Crippen molar-refractivity contribution in [2.75, 3.05) is 29.9 Å². The van der Waals surface area contributed by atoms with Gasteiger partial charge in [0.15, 0.2) is 21.4 Å². The summed E-state index contributed by atoms with van der Waals surface area (Å²) in [6.45, 7) is 7.53. The number of benzene rings is 3. The molecule has 1 fully saturated rings. The average molecular weight is 911 g/mol. The molecule has 3 aromatic carbocycles. The van der Waals surface area contributed by atoms with E-state index in [9.17, 15) is 55.0 Å². The molecule has 5 unspecified atom stereocenters. The van der Waals surface area contributed by atoms with Crippen LogP contribution in [0, 0.1) is 5.92 Å². The lowest BCUT2D eigenvalue weighted by Gasteiger charge is -2.30. The Morgan fingerprint density at radius 1 is 0.810 bits per heavy atom. The lowest BCUT2D eigenvalue weighted by molar-refractivity contribution is -0.142. The second-order valence-corrected chi connectivity index (χ2v) is 19.2. The molecule has 20 nitrogen and oxygen atoms in total. The quantitative estimate of drug-likeness (QED) is 0.0558. The zero-order chi connectivity index (χ0) is 46.7. The number of nitrogens with one attached hydrogen (secondary N) is 5. The summed E-state index contributed by atoms with van der Waals surface area (Å²) in [7, 11) is -9.14. The summed E-state index contributed by atoms with van der Waals surface area (Å²) in [4.78, 5) is 92.4. The van der Waals surface area contributed by atoms with Gasteiger partial charge < -0.3 is 43.0 Å². The van der Waals surface area contributed by atoms with E-state index in [1.54, 1.807) is 13.8 Å².